The average Bonchev–Trinajstić information content (AvgIpc) is 2.94. The molecule has 0 radical (unpaired) electrons. The monoisotopic (exact) mass is 385 g/mol. The first kappa shape index (κ1) is 17.2. The van der Waals surface area contributed by atoms with Crippen LogP contribution in [0, 0.1) is 0 Å². The van der Waals surface area contributed by atoms with Crippen molar-refractivity contribution >= 4 is 26.8 Å². The lowest BCUT2D eigenvalue weighted by atomic mass is 9.97. The molecule has 0 amide bonds. The van der Waals surface area contributed by atoms with Crippen molar-refractivity contribution in [1.82, 2.24) is 9.97 Å². The summed E-state index contributed by atoms with van der Waals surface area (Å²) in [6, 6.07) is 8.74. The van der Waals surface area contributed by atoms with E-state index in [-0.39, 0.29) is 0 Å². The van der Waals surface area contributed by atoms with E-state index < -0.39 is 0 Å². The summed E-state index contributed by atoms with van der Waals surface area (Å²) in [7, 11) is 0. The fraction of sp³-hybridized carbons (Fsp3) is 0.350. The van der Waals surface area contributed by atoms with E-state index in [4.69, 9.17) is 5.73 Å². The van der Waals surface area contributed by atoms with E-state index in [9.17, 15) is 0 Å². The molecule has 3 rings (SSSR count). The molecule has 3 N–H and O–H groups in total. The second-order valence-electron chi connectivity index (χ2n) is 6.54. The lowest BCUT2D eigenvalue weighted by Gasteiger charge is -2.07. The van der Waals surface area contributed by atoms with Crippen LogP contribution in [0.2, 0.25) is 0 Å². The first-order valence-corrected chi connectivity index (χ1v) is 9.35. The highest BCUT2D eigenvalue weighted by atomic mass is 79.9. The summed E-state index contributed by atoms with van der Waals surface area (Å²) in [5.41, 5.74) is 12.0. The maximum absolute atomic E-state index is 5.69. The van der Waals surface area contributed by atoms with Gasteiger partial charge in [-0.2, -0.15) is 0 Å². The SMILES string of the molecule is CC(C)c1cccc2c(CCCCN)c(-c3cncc(Br)c3)[nH]c12. The van der Waals surface area contributed by atoms with Crippen molar-refractivity contribution < 1.29 is 0 Å². The molecule has 0 saturated heterocycles. The van der Waals surface area contributed by atoms with Crippen molar-refractivity contribution in [3.05, 3.63) is 52.3 Å². The lowest BCUT2D eigenvalue weighted by Crippen LogP contribution is -1.99. The molecule has 2 heterocycles. The van der Waals surface area contributed by atoms with Gasteiger partial charge >= 0.3 is 0 Å². The van der Waals surface area contributed by atoms with Crippen LogP contribution in [0.15, 0.2) is 41.1 Å². The van der Waals surface area contributed by atoms with Crippen LogP contribution in [-0.4, -0.2) is 16.5 Å². The Hall–Kier alpha value is -1.65. The molecule has 3 aromatic rings. The number of fused-ring (bicyclic) bond motifs is 1. The van der Waals surface area contributed by atoms with E-state index in [1.54, 1.807) is 0 Å². The number of halogens is 1. The third-order valence-electron chi connectivity index (χ3n) is 4.47. The van der Waals surface area contributed by atoms with Crippen LogP contribution < -0.4 is 5.73 Å². The van der Waals surface area contributed by atoms with Gasteiger partial charge in [-0.25, -0.2) is 0 Å². The number of aromatic nitrogens is 2. The summed E-state index contributed by atoms with van der Waals surface area (Å²) in [6.45, 7) is 5.22. The molecule has 126 valence electrons. The highest BCUT2D eigenvalue weighted by molar-refractivity contribution is 9.10. The van der Waals surface area contributed by atoms with Gasteiger partial charge in [0.05, 0.1) is 5.69 Å². The predicted octanol–water partition coefficient (Wildman–Crippen LogP) is 5.40. The van der Waals surface area contributed by atoms with Crippen molar-refractivity contribution in [3.8, 4) is 11.3 Å². The van der Waals surface area contributed by atoms with E-state index in [1.165, 1.54) is 27.7 Å². The van der Waals surface area contributed by atoms with Gasteiger partial charge in [0.2, 0.25) is 0 Å². The molecule has 0 aliphatic heterocycles. The van der Waals surface area contributed by atoms with Crippen molar-refractivity contribution in [2.45, 2.75) is 39.0 Å². The van der Waals surface area contributed by atoms with Gasteiger partial charge < -0.3 is 10.7 Å². The largest absolute Gasteiger partial charge is 0.354 e. The van der Waals surface area contributed by atoms with Gasteiger partial charge in [-0.1, -0.05) is 32.0 Å². The third kappa shape index (κ3) is 3.40. The number of H-pyrrole nitrogens is 1. The van der Waals surface area contributed by atoms with Gasteiger partial charge in [-0.05, 0) is 64.8 Å². The van der Waals surface area contributed by atoms with E-state index in [0.717, 1.165) is 35.8 Å². The van der Waals surface area contributed by atoms with Crippen LogP contribution in [0.3, 0.4) is 0 Å². The zero-order valence-electron chi connectivity index (χ0n) is 14.3. The normalized spacial score (nSPS) is 11.5. The number of nitrogens with zero attached hydrogens (tertiary/aromatic N) is 1. The molecule has 0 aliphatic rings. The smallest absolute Gasteiger partial charge is 0.0513 e. The lowest BCUT2D eigenvalue weighted by molar-refractivity contribution is 0.748. The van der Waals surface area contributed by atoms with Crippen LogP contribution in [-0.2, 0) is 6.42 Å². The molecule has 0 aliphatic carbocycles. The standard InChI is InChI=1S/C20H24BrN3/c1-13(2)16-7-5-8-18-17(6-3-4-9-22)19(24-20(16)18)14-10-15(21)12-23-11-14/h5,7-8,10-13,24H,3-4,6,9,22H2,1-2H3. The second kappa shape index (κ2) is 7.49. The third-order valence-corrected chi connectivity index (χ3v) is 4.90. The van der Waals surface area contributed by atoms with E-state index >= 15 is 0 Å². The first-order chi connectivity index (χ1) is 11.6. The van der Waals surface area contributed by atoms with Gasteiger partial charge in [-0.3, -0.25) is 4.98 Å². The van der Waals surface area contributed by atoms with Crippen molar-refractivity contribution in [1.29, 1.82) is 0 Å². The number of unbranched alkanes of at least 4 members (excludes halogenated alkanes) is 1. The molecule has 0 saturated carbocycles. The minimum Gasteiger partial charge on any atom is -0.354 e. The van der Waals surface area contributed by atoms with Crippen LogP contribution in [0.4, 0.5) is 0 Å². The minimum atomic E-state index is 0.484. The van der Waals surface area contributed by atoms with Crippen LogP contribution in [0.5, 0.6) is 0 Å². The van der Waals surface area contributed by atoms with E-state index in [0.29, 0.717) is 5.92 Å². The highest BCUT2D eigenvalue weighted by Gasteiger charge is 2.16. The zero-order chi connectivity index (χ0) is 17.1. The highest BCUT2D eigenvalue weighted by Crippen LogP contribution is 2.35. The van der Waals surface area contributed by atoms with E-state index in [1.807, 2.05) is 12.4 Å². The number of rotatable bonds is 6. The summed E-state index contributed by atoms with van der Waals surface area (Å²) in [4.78, 5) is 8.03. The molecule has 1 aromatic carbocycles. The Labute approximate surface area is 151 Å². The molecule has 0 bridgehead atoms. The predicted molar refractivity (Wildman–Crippen MR) is 105 cm³/mol. The van der Waals surface area contributed by atoms with Crippen molar-refractivity contribution in [3.63, 3.8) is 0 Å². The van der Waals surface area contributed by atoms with Crippen molar-refractivity contribution in [2.75, 3.05) is 6.54 Å². The first-order valence-electron chi connectivity index (χ1n) is 8.56. The Morgan fingerprint density at radius 1 is 1.21 bits per heavy atom. The molecule has 0 unspecified atom stereocenters. The second-order valence-corrected chi connectivity index (χ2v) is 7.46. The topological polar surface area (TPSA) is 54.7 Å². The molecule has 3 nitrogen and oxygen atoms in total. The number of nitrogens with two attached hydrogens (primary N) is 1. The number of hydrogen-bond donors (Lipinski definition) is 2. The van der Waals surface area contributed by atoms with Gasteiger partial charge in [0.25, 0.3) is 0 Å². The van der Waals surface area contributed by atoms with Crippen molar-refractivity contribution in [2.24, 2.45) is 5.73 Å². The summed E-state index contributed by atoms with van der Waals surface area (Å²) >= 11 is 3.54. The summed E-state index contributed by atoms with van der Waals surface area (Å²) in [5, 5.41) is 1.33. The molecule has 0 spiro atoms. The van der Waals surface area contributed by atoms with Gasteiger partial charge in [0.1, 0.15) is 0 Å². The molecule has 0 fully saturated rings. The molecule has 2 aromatic heterocycles. The Kier molecular flexibility index (Phi) is 5.36. The fourth-order valence-electron chi connectivity index (χ4n) is 3.28. The fourth-order valence-corrected chi connectivity index (χ4v) is 3.64. The molecular formula is C20H24BrN3. The summed E-state index contributed by atoms with van der Waals surface area (Å²) < 4.78 is 0.996. The van der Waals surface area contributed by atoms with Gasteiger partial charge in [0, 0.05) is 33.3 Å². The minimum absolute atomic E-state index is 0.484. The number of aromatic amines is 1. The number of nitrogens with one attached hydrogen (secondary N) is 1. The van der Waals surface area contributed by atoms with Crippen LogP contribution in [0.1, 0.15) is 43.7 Å². The Morgan fingerprint density at radius 2 is 2.04 bits per heavy atom. The quantitative estimate of drug-likeness (QED) is 0.558. The van der Waals surface area contributed by atoms with Crippen LogP contribution in [0.25, 0.3) is 22.2 Å². The van der Waals surface area contributed by atoms with Gasteiger partial charge in [0.15, 0.2) is 0 Å². The average molecular weight is 386 g/mol. The molecule has 24 heavy (non-hydrogen) atoms. The number of hydrogen-bond acceptors (Lipinski definition) is 2. The Morgan fingerprint density at radius 3 is 2.75 bits per heavy atom. The number of pyridine rings is 1. The number of benzene rings is 1. The number of aryl methyl sites for hydroxylation is 1. The zero-order valence-corrected chi connectivity index (χ0v) is 15.9. The van der Waals surface area contributed by atoms with Gasteiger partial charge in [-0.15, -0.1) is 0 Å². The Balaban J connectivity index is 2.18. The Bertz CT molecular complexity index is 836. The maximum atomic E-state index is 5.69. The van der Waals surface area contributed by atoms with E-state index in [2.05, 4.69) is 64.0 Å². The van der Waals surface area contributed by atoms with Crippen LogP contribution >= 0.6 is 15.9 Å². The molecular weight excluding hydrogens is 362 g/mol. The summed E-state index contributed by atoms with van der Waals surface area (Å²) in [6.07, 6.45) is 6.92. The molecule has 0 atom stereocenters. The maximum Gasteiger partial charge on any atom is 0.0513 e. The number of para-hydroxylation sites is 1. The molecule has 4 heteroatoms. The summed E-state index contributed by atoms with van der Waals surface area (Å²) in [5.74, 6) is 0.484.